The van der Waals surface area contributed by atoms with Crippen molar-refractivity contribution in [3.63, 3.8) is 0 Å². The first-order valence-electron chi connectivity index (χ1n) is 5.09. The van der Waals surface area contributed by atoms with Crippen molar-refractivity contribution in [1.29, 1.82) is 0 Å². The van der Waals surface area contributed by atoms with Crippen molar-refractivity contribution in [1.82, 2.24) is 0 Å². The van der Waals surface area contributed by atoms with Crippen LogP contribution in [0, 0.1) is 5.92 Å². The van der Waals surface area contributed by atoms with Gasteiger partial charge in [-0.3, -0.25) is 4.79 Å². The second kappa shape index (κ2) is 4.59. The number of hydrogen-bond donors (Lipinski definition) is 0. The van der Waals surface area contributed by atoms with Crippen LogP contribution < -0.4 is 0 Å². The van der Waals surface area contributed by atoms with E-state index in [0.717, 1.165) is 0 Å². The van der Waals surface area contributed by atoms with Gasteiger partial charge in [-0.25, -0.2) is 8.42 Å². The minimum atomic E-state index is -3.08. The van der Waals surface area contributed by atoms with Crippen molar-refractivity contribution in [2.24, 2.45) is 5.92 Å². The fraction of sp³-hybridized carbons (Fsp3) is 0.364. The lowest BCUT2D eigenvalue weighted by atomic mass is 9.97. The van der Waals surface area contributed by atoms with E-state index in [1.54, 1.807) is 18.2 Å². The smallest absolute Gasteiger partial charge is 0.169 e. The fourth-order valence-electron chi connectivity index (χ4n) is 1.94. The first-order chi connectivity index (χ1) is 7.91. The van der Waals surface area contributed by atoms with Gasteiger partial charge in [0.1, 0.15) is 0 Å². The molecule has 3 nitrogen and oxygen atoms in total. The number of carbonyl (C=O) groups is 1. The number of ketones is 1. The van der Waals surface area contributed by atoms with Crippen LogP contribution >= 0.6 is 23.2 Å². The number of halogens is 2. The highest BCUT2D eigenvalue weighted by atomic mass is 35.5. The van der Waals surface area contributed by atoms with E-state index >= 15 is 0 Å². The molecule has 0 aromatic heterocycles. The molecule has 1 aliphatic rings. The van der Waals surface area contributed by atoms with E-state index < -0.39 is 15.8 Å². The average molecular weight is 293 g/mol. The summed E-state index contributed by atoms with van der Waals surface area (Å²) < 4.78 is 22.7. The minimum Gasteiger partial charge on any atom is -0.294 e. The Bertz CT molecular complexity index is 546. The van der Waals surface area contributed by atoms with Crippen molar-refractivity contribution >= 4 is 38.8 Å². The molecular weight excluding hydrogens is 283 g/mol. The monoisotopic (exact) mass is 292 g/mol. The molecule has 0 amide bonds. The zero-order chi connectivity index (χ0) is 12.6. The zero-order valence-corrected chi connectivity index (χ0v) is 11.1. The number of Topliss-reactive ketones (excluding diaryl/α,β-unsaturated/α-hetero) is 1. The third-order valence-corrected chi connectivity index (χ3v) is 5.21. The van der Waals surface area contributed by atoms with E-state index in [9.17, 15) is 13.2 Å². The SMILES string of the molecule is O=C(c1c(Cl)cccc1Cl)C1CCS(=O)(=O)C1. The topological polar surface area (TPSA) is 51.2 Å². The van der Waals surface area contributed by atoms with Gasteiger partial charge in [0.15, 0.2) is 15.6 Å². The summed E-state index contributed by atoms with van der Waals surface area (Å²) in [6, 6.07) is 4.79. The Kier molecular flexibility index (Phi) is 3.48. The van der Waals surface area contributed by atoms with Gasteiger partial charge in [-0.15, -0.1) is 0 Å². The van der Waals surface area contributed by atoms with E-state index in [0.29, 0.717) is 6.42 Å². The molecule has 17 heavy (non-hydrogen) atoms. The van der Waals surface area contributed by atoms with Crippen LogP contribution in [0.1, 0.15) is 16.8 Å². The number of benzene rings is 1. The molecule has 1 aromatic rings. The summed E-state index contributed by atoms with van der Waals surface area (Å²) in [4.78, 5) is 12.1. The van der Waals surface area contributed by atoms with Crippen LogP contribution in [0.25, 0.3) is 0 Å². The van der Waals surface area contributed by atoms with Crippen LogP contribution in [0.3, 0.4) is 0 Å². The fourth-order valence-corrected chi connectivity index (χ4v) is 4.26. The minimum absolute atomic E-state index is 0.0610. The van der Waals surface area contributed by atoms with Crippen LogP contribution in [0.2, 0.25) is 10.0 Å². The second-order valence-corrected chi connectivity index (χ2v) is 7.10. The lowest BCUT2D eigenvalue weighted by Crippen LogP contribution is -2.17. The summed E-state index contributed by atoms with van der Waals surface area (Å²) in [6.45, 7) is 0. The summed E-state index contributed by atoms with van der Waals surface area (Å²) in [5.74, 6) is -0.835. The molecule has 1 aliphatic heterocycles. The van der Waals surface area contributed by atoms with E-state index in [1.807, 2.05) is 0 Å². The molecule has 0 radical (unpaired) electrons. The molecule has 0 aliphatic carbocycles. The van der Waals surface area contributed by atoms with Gasteiger partial charge in [0.25, 0.3) is 0 Å². The zero-order valence-electron chi connectivity index (χ0n) is 8.82. The molecule has 1 atom stereocenters. The van der Waals surface area contributed by atoms with Gasteiger partial charge in [0.2, 0.25) is 0 Å². The van der Waals surface area contributed by atoms with Gasteiger partial charge < -0.3 is 0 Å². The third kappa shape index (κ3) is 2.64. The molecule has 1 heterocycles. The molecular formula is C11H10Cl2O3S. The van der Waals surface area contributed by atoms with Gasteiger partial charge in [0.05, 0.1) is 27.1 Å². The Hall–Kier alpha value is -0.580. The average Bonchev–Trinajstić information content (AvgIpc) is 2.58. The predicted molar refractivity (Wildman–Crippen MR) is 67.6 cm³/mol. The summed E-state index contributed by atoms with van der Waals surface area (Å²) in [6.07, 6.45) is 0.350. The molecule has 2 rings (SSSR count). The van der Waals surface area contributed by atoms with Gasteiger partial charge in [0, 0.05) is 5.92 Å². The van der Waals surface area contributed by atoms with E-state index in [-0.39, 0.29) is 32.9 Å². The van der Waals surface area contributed by atoms with Gasteiger partial charge in [-0.05, 0) is 18.6 Å². The van der Waals surface area contributed by atoms with Crippen LogP contribution in [0.4, 0.5) is 0 Å². The van der Waals surface area contributed by atoms with Crippen LogP contribution in [-0.4, -0.2) is 25.7 Å². The molecule has 6 heteroatoms. The predicted octanol–water partition coefficient (Wildman–Crippen LogP) is 2.61. The molecule has 0 bridgehead atoms. The van der Waals surface area contributed by atoms with Crippen molar-refractivity contribution in [3.05, 3.63) is 33.8 Å². The van der Waals surface area contributed by atoms with E-state index in [1.165, 1.54) is 0 Å². The Morgan fingerprint density at radius 3 is 2.29 bits per heavy atom. The van der Waals surface area contributed by atoms with Crippen LogP contribution in [0.5, 0.6) is 0 Å². The Balaban J connectivity index is 2.33. The molecule has 0 spiro atoms. The van der Waals surface area contributed by atoms with Crippen molar-refractivity contribution < 1.29 is 13.2 Å². The van der Waals surface area contributed by atoms with E-state index in [4.69, 9.17) is 23.2 Å². The highest BCUT2D eigenvalue weighted by Crippen LogP contribution is 2.30. The Morgan fingerprint density at radius 1 is 1.24 bits per heavy atom. The number of carbonyl (C=O) groups excluding carboxylic acids is 1. The Labute approximate surface area is 110 Å². The summed E-state index contributed by atoms with van der Waals surface area (Å²) in [7, 11) is -3.08. The van der Waals surface area contributed by atoms with Gasteiger partial charge in [-0.1, -0.05) is 29.3 Å². The third-order valence-electron chi connectivity index (χ3n) is 2.81. The molecule has 1 aromatic carbocycles. The number of sulfone groups is 1. The highest BCUT2D eigenvalue weighted by Gasteiger charge is 2.34. The molecule has 0 saturated carbocycles. The van der Waals surface area contributed by atoms with Crippen LogP contribution in [-0.2, 0) is 9.84 Å². The molecule has 1 unspecified atom stereocenters. The molecule has 0 N–H and O–H groups in total. The van der Waals surface area contributed by atoms with E-state index in [2.05, 4.69) is 0 Å². The lowest BCUT2D eigenvalue weighted by molar-refractivity contribution is 0.0933. The summed E-state index contributed by atoms with van der Waals surface area (Å²) in [5, 5.41) is 0.540. The quantitative estimate of drug-likeness (QED) is 0.788. The van der Waals surface area contributed by atoms with Gasteiger partial charge >= 0.3 is 0 Å². The largest absolute Gasteiger partial charge is 0.294 e. The maximum Gasteiger partial charge on any atom is 0.169 e. The first-order valence-corrected chi connectivity index (χ1v) is 7.67. The van der Waals surface area contributed by atoms with Crippen molar-refractivity contribution in [3.8, 4) is 0 Å². The van der Waals surface area contributed by atoms with Gasteiger partial charge in [-0.2, -0.15) is 0 Å². The summed E-state index contributed by atoms with van der Waals surface area (Å²) >= 11 is 11.8. The normalized spacial score (nSPS) is 22.6. The first kappa shape index (κ1) is 12.9. The standard InChI is InChI=1S/C11H10Cl2O3S/c12-8-2-1-3-9(13)10(8)11(14)7-4-5-17(15,16)6-7/h1-3,7H,4-6H2. The number of hydrogen-bond acceptors (Lipinski definition) is 3. The van der Waals surface area contributed by atoms with Crippen molar-refractivity contribution in [2.45, 2.75) is 6.42 Å². The maximum absolute atomic E-state index is 12.1. The molecule has 1 saturated heterocycles. The van der Waals surface area contributed by atoms with Crippen LogP contribution in [0.15, 0.2) is 18.2 Å². The second-order valence-electron chi connectivity index (χ2n) is 4.06. The molecule has 1 fully saturated rings. The summed E-state index contributed by atoms with van der Waals surface area (Å²) in [5.41, 5.74) is 0.234. The van der Waals surface area contributed by atoms with Crippen molar-refractivity contribution in [2.75, 3.05) is 11.5 Å². The molecule has 92 valence electrons. The highest BCUT2D eigenvalue weighted by molar-refractivity contribution is 7.91. The lowest BCUT2D eigenvalue weighted by Gasteiger charge is -2.09. The maximum atomic E-state index is 12.1. The Morgan fingerprint density at radius 2 is 1.82 bits per heavy atom. The number of rotatable bonds is 2.